The fourth-order valence-electron chi connectivity index (χ4n) is 0.701. The van der Waals surface area contributed by atoms with Gasteiger partial charge in [0.15, 0.2) is 0 Å². The highest BCUT2D eigenvalue weighted by molar-refractivity contribution is 6.31. The van der Waals surface area contributed by atoms with E-state index in [-0.39, 0.29) is 13.0 Å². The first kappa shape index (κ1) is 13.6. The van der Waals surface area contributed by atoms with Gasteiger partial charge in [-0.05, 0) is 21.0 Å². The van der Waals surface area contributed by atoms with Crippen LogP contribution < -0.4 is 0 Å². The number of ether oxygens (including phenoxy) is 2. The Hall–Kier alpha value is -1.43. The minimum Gasteiger partial charge on any atom is -0.458 e. The first-order valence-electron chi connectivity index (χ1n) is 4.53. The van der Waals surface area contributed by atoms with Crippen LogP contribution in [0.25, 0.3) is 0 Å². The Morgan fingerprint density at radius 2 is 1.73 bits per heavy atom. The van der Waals surface area contributed by atoms with E-state index in [4.69, 9.17) is 0 Å². The van der Waals surface area contributed by atoms with E-state index in [2.05, 4.69) is 9.47 Å². The maximum Gasteiger partial charge on any atom is 0.425 e. The largest absolute Gasteiger partial charge is 0.458 e. The average molecular weight is 217 g/mol. The summed E-state index contributed by atoms with van der Waals surface area (Å²) >= 11 is 0. The monoisotopic (exact) mass is 217 g/mol. The van der Waals surface area contributed by atoms with Gasteiger partial charge in [0.1, 0.15) is 0 Å². The predicted molar refractivity (Wildman–Crippen MR) is 50.9 cm³/mol. The molecule has 0 aromatic carbocycles. The zero-order valence-corrected chi connectivity index (χ0v) is 9.11. The van der Waals surface area contributed by atoms with Gasteiger partial charge in [-0.3, -0.25) is 4.79 Å². The lowest BCUT2D eigenvalue weighted by atomic mass is 10.4. The van der Waals surface area contributed by atoms with Gasteiger partial charge in [-0.2, -0.15) is 0 Å². The van der Waals surface area contributed by atoms with E-state index in [1.54, 1.807) is 25.9 Å². The summed E-state index contributed by atoms with van der Waals surface area (Å²) < 4.78 is 8.59. The maximum absolute atomic E-state index is 11.0. The van der Waals surface area contributed by atoms with Gasteiger partial charge >= 0.3 is 17.9 Å². The normalized spacial score (nSPS) is 9.87. The van der Waals surface area contributed by atoms with Gasteiger partial charge in [0.2, 0.25) is 0 Å². The SMILES string of the molecule is CCOC(=O)C(=O)OC(=O)CCN(C)C. The Bertz CT molecular complexity index is 249. The molecule has 0 aliphatic rings. The first-order valence-corrected chi connectivity index (χ1v) is 4.53. The second-order valence-corrected chi connectivity index (χ2v) is 3.04. The zero-order chi connectivity index (χ0) is 11.8. The molecule has 6 nitrogen and oxygen atoms in total. The molecule has 0 rings (SSSR count). The Morgan fingerprint density at radius 3 is 2.20 bits per heavy atom. The Balaban J connectivity index is 3.86. The summed E-state index contributed by atoms with van der Waals surface area (Å²) in [5.74, 6) is -3.14. The topological polar surface area (TPSA) is 72.9 Å². The molecule has 0 bridgehead atoms. The van der Waals surface area contributed by atoms with Crippen molar-refractivity contribution >= 4 is 17.9 Å². The number of esters is 3. The number of carbonyl (C=O) groups excluding carboxylic acids is 3. The highest BCUT2D eigenvalue weighted by Gasteiger charge is 2.20. The van der Waals surface area contributed by atoms with Gasteiger partial charge in [0.25, 0.3) is 0 Å². The third-order valence-corrected chi connectivity index (χ3v) is 1.41. The second-order valence-electron chi connectivity index (χ2n) is 3.04. The van der Waals surface area contributed by atoms with Gasteiger partial charge in [-0.1, -0.05) is 0 Å². The summed E-state index contributed by atoms with van der Waals surface area (Å²) in [5, 5.41) is 0. The molecule has 0 aliphatic carbocycles. The molecule has 15 heavy (non-hydrogen) atoms. The molecule has 0 unspecified atom stereocenters. The summed E-state index contributed by atoms with van der Waals surface area (Å²) in [6.07, 6.45) is 0.0537. The van der Waals surface area contributed by atoms with Crippen LogP contribution in [0.3, 0.4) is 0 Å². The first-order chi connectivity index (χ1) is 6.97. The Kier molecular flexibility index (Phi) is 6.28. The second kappa shape index (κ2) is 6.94. The van der Waals surface area contributed by atoms with E-state index in [0.717, 1.165) is 0 Å². The van der Waals surface area contributed by atoms with Crippen LogP contribution in [0, 0.1) is 0 Å². The minimum atomic E-state index is -1.26. The number of rotatable bonds is 4. The molecular formula is C9H15NO5. The van der Waals surface area contributed by atoms with E-state index in [1.165, 1.54) is 0 Å². The maximum atomic E-state index is 11.0. The molecule has 0 N–H and O–H groups in total. The quantitative estimate of drug-likeness (QED) is 0.361. The molecule has 0 spiro atoms. The van der Waals surface area contributed by atoms with E-state index < -0.39 is 17.9 Å². The van der Waals surface area contributed by atoms with Gasteiger partial charge in [-0.15, -0.1) is 0 Å². The average Bonchev–Trinajstić information content (AvgIpc) is 2.15. The molecule has 0 atom stereocenters. The third-order valence-electron chi connectivity index (χ3n) is 1.41. The summed E-state index contributed by atoms with van der Waals surface area (Å²) in [5.41, 5.74) is 0. The molecule has 0 saturated heterocycles. The third kappa shape index (κ3) is 6.62. The molecule has 0 aliphatic heterocycles. The van der Waals surface area contributed by atoms with Crippen molar-refractivity contribution in [2.24, 2.45) is 0 Å². The summed E-state index contributed by atoms with van der Waals surface area (Å²) in [6, 6.07) is 0. The van der Waals surface area contributed by atoms with Crippen LogP contribution >= 0.6 is 0 Å². The zero-order valence-electron chi connectivity index (χ0n) is 9.11. The molecule has 0 amide bonds. The van der Waals surface area contributed by atoms with Gasteiger partial charge in [0, 0.05) is 6.54 Å². The minimum absolute atomic E-state index is 0.0537. The van der Waals surface area contributed by atoms with Gasteiger partial charge in [0.05, 0.1) is 13.0 Å². The number of carbonyl (C=O) groups is 3. The number of hydrogen-bond acceptors (Lipinski definition) is 6. The van der Waals surface area contributed by atoms with Crippen LogP contribution in [0.5, 0.6) is 0 Å². The summed E-state index contributed by atoms with van der Waals surface area (Å²) in [6.45, 7) is 2.08. The van der Waals surface area contributed by atoms with Gasteiger partial charge in [-0.25, -0.2) is 9.59 Å². The molecular weight excluding hydrogens is 202 g/mol. The van der Waals surface area contributed by atoms with Crippen LogP contribution in [0.1, 0.15) is 13.3 Å². The van der Waals surface area contributed by atoms with E-state index in [9.17, 15) is 14.4 Å². The van der Waals surface area contributed by atoms with Crippen molar-refractivity contribution in [2.75, 3.05) is 27.2 Å². The lowest BCUT2D eigenvalue weighted by Gasteiger charge is -2.07. The van der Waals surface area contributed by atoms with E-state index in [0.29, 0.717) is 6.54 Å². The predicted octanol–water partition coefficient (Wildman–Crippen LogP) is -0.429. The molecule has 0 aromatic rings. The van der Waals surface area contributed by atoms with Crippen molar-refractivity contribution in [1.82, 2.24) is 4.90 Å². The highest BCUT2D eigenvalue weighted by Crippen LogP contribution is 1.91. The number of nitrogens with zero attached hydrogens (tertiary/aromatic N) is 1. The van der Waals surface area contributed by atoms with Crippen molar-refractivity contribution in [3.05, 3.63) is 0 Å². The highest BCUT2D eigenvalue weighted by atomic mass is 16.6. The van der Waals surface area contributed by atoms with Crippen molar-refractivity contribution in [3.8, 4) is 0 Å². The Labute approximate surface area is 88.1 Å². The Morgan fingerprint density at radius 1 is 1.13 bits per heavy atom. The van der Waals surface area contributed by atoms with E-state index >= 15 is 0 Å². The summed E-state index contributed by atoms with van der Waals surface area (Å²) in [7, 11) is 3.56. The molecule has 0 fully saturated rings. The van der Waals surface area contributed by atoms with Crippen molar-refractivity contribution in [1.29, 1.82) is 0 Å². The molecule has 0 aromatic heterocycles. The smallest absolute Gasteiger partial charge is 0.425 e. The van der Waals surface area contributed by atoms with Crippen LogP contribution in [0.2, 0.25) is 0 Å². The van der Waals surface area contributed by atoms with Crippen molar-refractivity contribution < 1.29 is 23.9 Å². The van der Waals surface area contributed by atoms with Crippen LogP contribution in [-0.4, -0.2) is 50.1 Å². The lowest BCUT2D eigenvalue weighted by Crippen LogP contribution is -2.25. The van der Waals surface area contributed by atoms with Crippen LogP contribution in [0.4, 0.5) is 0 Å². The summed E-state index contributed by atoms with van der Waals surface area (Å²) in [4.78, 5) is 34.4. The van der Waals surface area contributed by atoms with Crippen LogP contribution in [0.15, 0.2) is 0 Å². The molecule has 0 heterocycles. The van der Waals surface area contributed by atoms with Gasteiger partial charge < -0.3 is 14.4 Å². The lowest BCUT2D eigenvalue weighted by molar-refractivity contribution is -0.173. The van der Waals surface area contributed by atoms with Crippen molar-refractivity contribution in [2.45, 2.75) is 13.3 Å². The van der Waals surface area contributed by atoms with E-state index in [1.807, 2.05) is 0 Å². The fraction of sp³-hybridized carbons (Fsp3) is 0.667. The standard InChI is InChI=1S/C9H15NO5/c1-4-14-8(12)9(13)15-7(11)5-6-10(2)3/h4-6H2,1-3H3. The molecule has 86 valence electrons. The molecule has 6 heteroatoms. The number of hydrogen-bond donors (Lipinski definition) is 0. The fourth-order valence-corrected chi connectivity index (χ4v) is 0.701. The molecule has 0 saturated carbocycles. The molecule has 0 radical (unpaired) electrons. The van der Waals surface area contributed by atoms with Crippen molar-refractivity contribution in [3.63, 3.8) is 0 Å². The van der Waals surface area contributed by atoms with Crippen LogP contribution in [-0.2, 0) is 23.9 Å².